The van der Waals surface area contributed by atoms with Gasteiger partial charge in [-0.05, 0) is 39.5 Å². The van der Waals surface area contributed by atoms with E-state index in [1.54, 1.807) is 6.92 Å². The van der Waals surface area contributed by atoms with Gasteiger partial charge in [-0.2, -0.15) is 0 Å². The van der Waals surface area contributed by atoms with Crippen LogP contribution in [-0.4, -0.2) is 44.3 Å². The molecule has 8 heteroatoms. The Bertz CT molecular complexity index is 297. The standard InChI is InChI=1S/C11H26O5Si3/c1-10(2)11(12)14-8-7-9-19(13,15-17(3)4)16-18(5)6/h13,17-18H,1,7-9H2,2-6H3. The van der Waals surface area contributed by atoms with Crippen LogP contribution in [0.15, 0.2) is 12.2 Å². The topological polar surface area (TPSA) is 65.0 Å². The van der Waals surface area contributed by atoms with Crippen LogP contribution in [0.1, 0.15) is 13.3 Å². The number of hydrogen-bond acceptors (Lipinski definition) is 5. The van der Waals surface area contributed by atoms with Gasteiger partial charge < -0.3 is 17.8 Å². The van der Waals surface area contributed by atoms with E-state index in [0.717, 1.165) is 0 Å². The molecule has 0 aliphatic heterocycles. The molecule has 0 atom stereocenters. The summed E-state index contributed by atoms with van der Waals surface area (Å²) < 4.78 is 16.4. The normalized spacial score (nSPS) is 12.0. The fraction of sp³-hybridized carbons (Fsp3) is 0.727. The summed E-state index contributed by atoms with van der Waals surface area (Å²) in [6, 6.07) is 0.437. The molecule has 0 aliphatic rings. The maximum absolute atomic E-state index is 11.2. The number of hydrogen-bond donors (Lipinski definition) is 1. The van der Waals surface area contributed by atoms with Gasteiger partial charge in [0.2, 0.25) is 0 Å². The summed E-state index contributed by atoms with van der Waals surface area (Å²) in [6.07, 6.45) is 0.546. The third-order valence-corrected chi connectivity index (χ3v) is 9.76. The van der Waals surface area contributed by atoms with E-state index in [4.69, 9.17) is 13.0 Å². The van der Waals surface area contributed by atoms with Crippen molar-refractivity contribution in [3.63, 3.8) is 0 Å². The molecule has 112 valence electrons. The second kappa shape index (κ2) is 8.82. The quantitative estimate of drug-likeness (QED) is 0.301. The van der Waals surface area contributed by atoms with E-state index < -0.39 is 32.9 Å². The van der Waals surface area contributed by atoms with Crippen LogP contribution in [0.2, 0.25) is 32.2 Å². The van der Waals surface area contributed by atoms with E-state index in [1.165, 1.54) is 0 Å². The van der Waals surface area contributed by atoms with Crippen LogP contribution in [0.5, 0.6) is 0 Å². The zero-order valence-electron chi connectivity index (χ0n) is 12.6. The van der Waals surface area contributed by atoms with Crippen molar-refractivity contribution in [3.8, 4) is 0 Å². The van der Waals surface area contributed by atoms with Crippen molar-refractivity contribution in [2.45, 2.75) is 45.6 Å². The van der Waals surface area contributed by atoms with Crippen LogP contribution in [0.25, 0.3) is 0 Å². The molecule has 0 saturated carbocycles. The Morgan fingerprint density at radius 3 is 2.05 bits per heavy atom. The van der Waals surface area contributed by atoms with E-state index in [-0.39, 0.29) is 6.61 Å². The molecule has 0 spiro atoms. The van der Waals surface area contributed by atoms with Crippen molar-refractivity contribution in [2.75, 3.05) is 6.61 Å². The fourth-order valence-corrected chi connectivity index (χ4v) is 9.61. The van der Waals surface area contributed by atoms with Crippen molar-refractivity contribution < 1.29 is 22.6 Å². The van der Waals surface area contributed by atoms with Gasteiger partial charge in [0.05, 0.1) is 6.61 Å². The smallest absolute Gasteiger partial charge is 0.462 e. The largest absolute Gasteiger partial charge is 0.477 e. The number of esters is 1. The summed E-state index contributed by atoms with van der Waals surface area (Å²) in [5.41, 5.74) is 0.379. The van der Waals surface area contributed by atoms with E-state index in [0.29, 0.717) is 18.0 Å². The minimum Gasteiger partial charge on any atom is -0.462 e. The van der Waals surface area contributed by atoms with Crippen LogP contribution in [-0.2, 0) is 17.8 Å². The lowest BCUT2D eigenvalue weighted by Gasteiger charge is -2.28. The highest BCUT2D eigenvalue weighted by molar-refractivity contribution is 6.74. The zero-order valence-corrected chi connectivity index (χ0v) is 15.9. The zero-order chi connectivity index (χ0) is 15.1. The summed E-state index contributed by atoms with van der Waals surface area (Å²) in [4.78, 5) is 21.6. The molecule has 0 saturated heterocycles. The molecule has 0 heterocycles. The van der Waals surface area contributed by atoms with Crippen LogP contribution in [0, 0.1) is 0 Å². The van der Waals surface area contributed by atoms with Gasteiger partial charge in [0.1, 0.15) is 0 Å². The van der Waals surface area contributed by atoms with Gasteiger partial charge in [-0.25, -0.2) is 4.79 Å². The molecule has 0 amide bonds. The molecular weight excluding hydrogens is 296 g/mol. The first-order valence-corrected chi connectivity index (χ1v) is 14.1. The Hall–Kier alpha value is -0.259. The Morgan fingerprint density at radius 2 is 1.68 bits per heavy atom. The number of carbonyl (C=O) groups excluding carboxylic acids is 1. The minimum absolute atomic E-state index is 0.257. The molecule has 0 aromatic rings. The first-order chi connectivity index (χ1) is 8.66. The first kappa shape index (κ1) is 18.7. The van der Waals surface area contributed by atoms with E-state index in [2.05, 4.69) is 6.58 Å². The average molecular weight is 323 g/mol. The summed E-state index contributed by atoms with van der Waals surface area (Å²) in [7, 11) is -5.77. The second-order valence-electron chi connectivity index (χ2n) is 5.07. The monoisotopic (exact) mass is 322 g/mol. The van der Waals surface area contributed by atoms with Crippen LogP contribution >= 0.6 is 0 Å². The third-order valence-electron chi connectivity index (χ3n) is 2.06. The summed E-state index contributed by atoms with van der Waals surface area (Å²) in [5, 5.41) is 0. The van der Waals surface area contributed by atoms with Crippen LogP contribution in [0.4, 0.5) is 0 Å². The van der Waals surface area contributed by atoms with E-state index in [1.807, 2.05) is 26.2 Å². The molecule has 5 nitrogen and oxygen atoms in total. The molecule has 0 unspecified atom stereocenters. The van der Waals surface area contributed by atoms with Gasteiger partial charge in [-0.15, -0.1) is 0 Å². The van der Waals surface area contributed by atoms with Gasteiger partial charge in [0.25, 0.3) is 0 Å². The molecular formula is C11H26O5Si3. The van der Waals surface area contributed by atoms with Crippen molar-refractivity contribution in [3.05, 3.63) is 12.2 Å². The Balaban J connectivity index is 4.19. The van der Waals surface area contributed by atoms with Crippen LogP contribution in [0.3, 0.4) is 0 Å². The van der Waals surface area contributed by atoms with Crippen LogP contribution < -0.4 is 0 Å². The Labute approximate surface area is 120 Å². The van der Waals surface area contributed by atoms with Gasteiger partial charge in [-0.3, -0.25) is 0 Å². The molecule has 0 radical (unpaired) electrons. The number of rotatable bonds is 9. The molecule has 0 aromatic heterocycles. The molecule has 0 bridgehead atoms. The lowest BCUT2D eigenvalue weighted by molar-refractivity contribution is -0.139. The third kappa shape index (κ3) is 9.30. The maximum Gasteiger partial charge on any atom is 0.477 e. The van der Waals surface area contributed by atoms with Gasteiger partial charge in [-0.1, -0.05) is 6.58 Å². The summed E-state index contributed by atoms with van der Waals surface area (Å²) in [6.45, 7) is 13.4. The lowest BCUT2D eigenvalue weighted by Crippen LogP contribution is -2.48. The summed E-state index contributed by atoms with van der Waals surface area (Å²) >= 11 is 0. The Kier molecular flexibility index (Phi) is 8.70. The minimum atomic E-state index is -3.07. The Morgan fingerprint density at radius 1 is 1.21 bits per heavy atom. The molecule has 0 fully saturated rings. The molecule has 19 heavy (non-hydrogen) atoms. The highest BCUT2D eigenvalue weighted by Gasteiger charge is 2.37. The molecule has 1 N–H and O–H groups in total. The number of ether oxygens (including phenoxy) is 1. The second-order valence-corrected chi connectivity index (χ2v) is 13.1. The fourth-order valence-electron chi connectivity index (χ4n) is 1.47. The van der Waals surface area contributed by atoms with Crippen molar-refractivity contribution in [1.82, 2.24) is 0 Å². The predicted molar refractivity (Wildman–Crippen MR) is 83.1 cm³/mol. The highest BCUT2D eigenvalue weighted by Crippen LogP contribution is 2.16. The van der Waals surface area contributed by atoms with Gasteiger partial charge in [0.15, 0.2) is 18.1 Å². The molecule has 0 aromatic carbocycles. The summed E-state index contributed by atoms with van der Waals surface area (Å²) in [5.74, 6) is -0.400. The first-order valence-electron chi connectivity index (χ1n) is 6.57. The van der Waals surface area contributed by atoms with Crippen molar-refractivity contribution >= 4 is 32.9 Å². The van der Waals surface area contributed by atoms with Gasteiger partial charge >= 0.3 is 14.8 Å². The maximum atomic E-state index is 11.2. The predicted octanol–water partition coefficient (Wildman–Crippen LogP) is 1.43. The van der Waals surface area contributed by atoms with Crippen molar-refractivity contribution in [2.24, 2.45) is 0 Å². The lowest BCUT2D eigenvalue weighted by atomic mass is 10.4. The van der Waals surface area contributed by atoms with E-state index >= 15 is 0 Å². The average Bonchev–Trinajstić information content (AvgIpc) is 2.21. The van der Waals surface area contributed by atoms with Gasteiger partial charge in [0, 0.05) is 11.6 Å². The SMILES string of the molecule is C=C(C)C(=O)OCCC[Si](O)(O[SiH](C)C)O[SiH](C)C. The van der Waals surface area contributed by atoms with Crippen molar-refractivity contribution in [1.29, 1.82) is 0 Å². The molecule has 0 aliphatic carbocycles. The number of carbonyl (C=O) groups is 1. The highest BCUT2D eigenvalue weighted by atomic mass is 28.5. The molecule has 0 rings (SSSR count). The van der Waals surface area contributed by atoms with E-state index in [9.17, 15) is 9.59 Å².